The topological polar surface area (TPSA) is 194 Å². The first-order valence-corrected chi connectivity index (χ1v) is 15.7. The maximum Gasteiger partial charge on any atom is 0.287 e. The molecule has 0 bridgehead atoms. The third kappa shape index (κ3) is 8.38. The van der Waals surface area contributed by atoms with Crippen molar-refractivity contribution in [3.8, 4) is 0 Å². The molecule has 1 saturated heterocycles. The third-order valence-corrected chi connectivity index (χ3v) is 8.87. The second-order valence-corrected chi connectivity index (χ2v) is 13.4. The summed E-state index contributed by atoms with van der Waals surface area (Å²) in [6, 6.07) is -3.78. The highest BCUT2D eigenvalue weighted by atomic mass is 16.2. The number of primary amides is 1. The maximum atomic E-state index is 14.1. The van der Waals surface area contributed by atoms with Crippen LogP contribution in [0.2, 0.25) is 0 Å². The average molecular weight is 612 g/mol. The van der Waals surface area contributed by atoms with E-state index in [9.17, 15) is 28.8 Å². The standard InChI is InChI=1S/C31H45N7O6/c1-31(2,3)25(37-29(43)23(19-8-5-4-6-9-19)36-27(41)21-17-33-13-14-34-21)30(44)38-15-7-10-22(38)28(42)35-20(16-18-11-12-18)24(39)26(32)40/h13-14,17-20,22-23,25H,4-12,15-16H2,1-3H3,(H2,32,40)(H,35,42)(H,36,41)(H,37,43)/t20?,22-,23-,25+/m0/s1. The zero-order chi connectivity index (χ0) is 32.0. The van der Waals surface area contributed by atoms with Gasteiger partial charge in [0.2, 0.25) is 23.5 Å². The largest absolute Gasteiger partial charge is 0.363 e. The monoisotopic (exact) mass is 611 g/mol. The number of hydrogen-bond acceptors (Lipinski definition) is 8. The number of hydrogen-bond donors (Lipinski definition) is 4. The molecular formula is C31H45N7O6. The summed E-state index contributed by atoms with van der Waals surface area (Å²) in [4.78, 5) is 87.9. The van der Waals surface area contributed by atoms with E-state index < -0.39 is 64.9 Å². The number of ketones is 1. The molecule has 5 N–H and O–H groups in total. The van der Waals surface area contributed by atoms with Crippen LogP contribution in [0, 0.1) is 17.3 Å². The number of carbonyl (C=O) groups excluding carboxylic acids is 6. The van der Waals surface area contributed by atoms with Crippen molar-refractivity contribution in [3.63, 3.8) is 0 Å². The Morgan fingerprint density at radius 1 is 0.932 bits per heavy atom. The van der Waals surface area contributed by atoms with E-state index in [0.717, 1.165) is 44.9 Å². The predicted molar refractivity (Wildman–Crippen MR) is 159 cm³/mol. The first-order valence-electron chi connectivity index (χ1n) is 15.7. The lowest BCUT2D eigenvalue weighted by Gasteiger charge is -2.37. The Morgan fingerprint density at radius 2 is 1.64 bits per heavy atom. The molecule has 1 aromatic rings. The van der Waals surface area contributed by atoms with Crippen LogP contribution in [-0.2, 0) is 24.0 Å². The minimum Gasteiger partial charge on any atom is -0.363 e. The lowest BCUT2D eigenvalue weighted by Crippen LogP contribution is -2.62. The minimum absolute atomic E-state index is 0.0882. The number of likely N-dealkylation sites (tertiary alicyclic amines) is 1. The summed E-state index contributed by atoms with van der Waals surface area (Å²) in [6.45, 7) is 5.77. The Kier molecular flexibility index (Phi) is 10.7. The summed E-state index contributed by atoms with van der Waals surface area (Å²) in [5, 5.41) is 8.46. The molecule has 1 aliphatic heterocycles. The van der Waals surface area contributed by atoms with Crippen molar-refractivity contribution < 1.29 is 28.8 Å². The van der Waals surface area contributed by atoms with Crippen molar-refractivity contribution in [2.75, 3.05) is 6.54 Å². The van der Waals surface area contributed by atoms with Crippen LogP contribution in [0.4, 0.5) is 0 Å². The average Bonchev–Trinajstić information content (AvgIpc) is 3.68. The number of nitrogens with one attached hydrogen (secondary N) is 3. The molecule has 4 atom stereocenters. The van der Waals surface area contributed by atoms with Gasteiger partial charge in [0.05, 0.1) is 12.2 Å². The second-order valence-electron chi connectivity index (χ2n) is 13.4. The van der Waals surface area contributed by atoms with Crippen LogP contribution in [0.25, 0.3) is 0 Å². The van der Waals surface area contributed by atoms with Crippen LogP contribution in [0.1, 0.15) is 95.5 Å². The lowest BCUT2D eigenvalue weighted by molar-refractivity contribution is -0.145. The molecule has 0 radical (unpaired) electrons. The highest BCUT2D eigenvalue weighted by molar-refractivity contribution is 6.37. The molecule has 240 valence electrons. The molecule has 2 saturated carbocycles. The second kappa shape index (κ2) is 14.3. The molecule has 5 amide bonds. The van der Waals surface area contributed by atoms with Crippen molar-refractivity contribution >= 4 is 35.3 Å². The van der Waals surface area contributed by atoms with E-state index in [4.69, 9.17) is 5.73 Å². The number of Topliss-reactive ketones (excluding diaryl/α,β-unsaturated/α-hetero) is 1. The van der Waals surface area contributed by atoms with Gasteiger partial charge in [-0.3, -0.25) is 33.8 Å². The smallest absolute Gasteiger partial charge is 0.287 e. The quantitative estimate of drug-likeness (QED) is 0.252. The number of amides is 5. The molecular weight excluding hydrogens is 566 g/mol. The van der Waals surface area contributed by atoms with Gasteiger partial charge in [-0.2, -0.15) is 0 Å². The van der Waals surface area contributed by atoms with Crippen molar-refractivity contribution in [2.24, 2.45) is 23.0 Å². The van der Waals surface area contributed by atoms with E-state index in [2.05, 4.69) is 25.9 Å². The van der Waals surface area contributed by atoms with Gasteiger partial charge in [-0.25, -0.2) is 4.98 Å². The van der Waals surface area contributed by atoms with Gasteiger partial charge in [-0.05, 0) is 49.4 Å². The fraction of sp³-hybridized carbons (Fsp3) is 0.677. The molecule has 2 heterocycles. The van der Waals surface area contributed by atoms with Gasteiger partial charge in [0.1, 0.15) is 23.8 Å². The van der Waals surface area contributed by atoms with Crippen molar-refractivity contribution in [1.82, 2.24) is 30.8 Å². The van der Waals surface area contributed by atoms with Gasteiger partial charge in [0.15, 0.2) is 0 Å². The Balaban J connectivity index is 1.50. The number of rotatable bonds is 12. The molecule has 3 aliphatic rings. The molecule has 2 aliphatic carbocycles. The Morgan fingerprint density at radius 3 is 2.23 bits per heavy atom. The van der Waals surface area contributed by atoms with Gasteiger partial charge >= 0.3 is 0 Å². The first-order chi connectivity index (χ1) is 20.9. The van der Waals surface area contributed by atoms with E-state index in [1.807, 2.05) is 20.8 Å². The number of carbonyl (C=O) groups is 6. The highest BCUT2D eigenvalue weighted by Crippen LogP contribution is 2.34. The van der Waals surface area contributed by atoms with Crippen LogP contribution in [0.15, 0.2) is 18.6 Å². The van der Waals surface area contributed by atoms with E-state index in [0.29, 0.717) is 25.8 Å². The minimum atomic E-state index is -1.11. The zero-order valence-electron chi connectivity index (χ0n) is 25.8. The van der Waals surface area contributed by atoms with E-state index in [1.165, 1.54) is 23.5 Å². The van der Waals surface area contributed by atoms with Crippen LogP contribution < -0.4 is 21.7 Å². The maximum absolute atomic E-state index is 14.1. The van der Waals surface area contributed by atoms with Crippen LogP contribution in [-0.4, -0.2) is 80.9 Å². The Labute approximate surface area is 257 Å². The van der Waals surface area contributed by atoms with Crippen molar-refractivity contribution in [2.45, 2.75) is 109 Å². The summed E-state index contributed by atoms with van der Waals surface area (Å²) in [7, 11) is 0. The highest BCUT2D eigenvalue weighted by Gasteiger charge is 2.44. The molecule has 1 unspecified atom stereocenters. The third-order valence-electron chi connectivity index (χ3n) is 8.87. The predicted octanol–water partition coefficient (Wildman–Crippen LogP) is 1.02. The van der Waals surface area contributed by atoms with Crippen LogP contribution in [0.3, 0.4) is 0 Å². The molecule has 0 aromatic carbocycles. The van der Waals surface area contributed by atoms with E-state index in [1.54, 1.807) is 0 Å². The van der Waals surface area contributed by atoms with Crippen molar-refractivity contribution in [1.29, 1.82) is 0 Å². The Bertz CT molecular complexity index is 1240. The number of aromatic nitrogens is 2. The normalized spacial score (nSPS) is 21.1. The van der Waals surface area contributed by atoms with Crippen LogP contribution >= 0.6 is 0 Å². The molecule has 44 heavy (non-hydrogen) atoms. The molecule has 3 fully saturated rings. The summed E-state index contributed by atoms with van der Waals surface area (Å²) in [5.41, 5.74) is 4.59. The van der Waals surface area contributed by atoms with Gasteiger partial charge in [-0.15, -0.1) is 0 Å². The molecule has 0 spiro atoms. The zero-order valence-corrected chi connectivity index (χ0v) is 25.8. The fourth-order valence-electron chi connectivity index (χ4n) is 6.20. The van der Waals surface area contributed by atoms with Crippen molar-refractivity contribution in [3.05, 3.63) is 24.3 Å². The summed E-state index contributed by atoms with van der Waals surface area (Å²) < 4.78 is 0. The molecule has 13 heteroatoms. The van der Waals surface area contributed by atoms with Gasteiger partial charge in [0.25, 0.3) is 11.8 Å². The number of nitrogens with two attached hydrogens (primary N) is 1. The van der Waals surface area contributed by atoms with Gasteiger partial charge in [-0.1, -0.05) is 52.9 Å². The summed E-state index contributed by atoms with van der Waals surface area (Å²) in [6.07, 6.45) is 11.7. The Hall–Kier alpha value is -3.90. The molecule has 4 rings (SSSR count). The molecule has 13 nitrogen and oxygen atoms in total. The van der Waals surface area contributed by atoms with E-state index in [-0.39, 0.29) is 17.5 Å². The fourth-order valence-corrected chi connectivity index (χ4v) is 6.20. The first kappa shape index (κ1) is 33.0. The summed E-state index contributed by atoms with van der Waals surface area (Å²) in [5.74, 6) is -3.77. The summed E-state index contributed by atoms with van der Waals surface area (Å²) >= 11 is 0. The van der Waals surface area contributed by atoms with E-state index >= 15 is 0 Å². The van der Waals surface area contributed by atoms with Gasteiger partial charge in [0, 0.05) is 18.9 Å². The van der Waals surface area contributed by atoms with Crippen LogP contribution in [0.5, 0.6) is 0 Å². The SMILES string of the molecule is CC(C)(C)[C@H](NC(=O)[C@@H](NC(=O)c1cnccn1)C1CCCCC1)C(=O)N1CCC[C@H]1C(=O)NC(CC1CC1)C(=O)C(N)=O. The lowest BCUT2D eigenvalue weighted by atomic mass is 9.82. The number of nitrogens with zero attached hydrogens (tertiary/aromatic N) is 3. The molecule has 1 aromatic heterocycles. The van der Waals surface area contributed by atoms with Gasteiger partial charge < -0.3 is 26.6 Å².